The predicted octanol–water partition coefficient (Wildman–Crippen LogP) is 2.85. The Kier molecular flexibility index (Phi) is 5.71. The summed E-state index contributed by atoms with van der Waals surface area (Å²) in [6.07, 6.45) is 3.05. The van der Waals surface area contributed by atoms with Gasteiger partial charge in [0.2, 0.25) is 0 Å². The van der Waals surface area contributed by atoms with Gasteiger partial charge in [-0.15, -0.1) is 0 Å². The van der Waals surface area contributed by atoms with Gasteiger partial charge in [-0.2, -0.15) is 0 Å². The molecule has 1 amide bonds. The predicted molar refractivity (Wildman–Crippen MR) is 89.7 cm³/mol. The highest BCUT2D eigenvalue weighted by Gasteiger charge is 2.27. The van der Waals surface area contributed by atoms with Crippen LogP contribution in [0.3, 0.4) is 0 Å². The fourth-order valence-electron chi connectivity index (χ4n) is 3.26. The first-order valence-corrected chi connectivity index (χ1v) is 8.19. The second kappa shape index (κ2) is 7.55. The summed E-state index contributed by atoms with van der Waals surface area (Å²) in [5, 5.41) is 11.0. The molecule has 23 heavy (non-hydrogen) atoms. The van der Waals surface area contributed by atoms with Crippen LogP contribution in [0, 0.1) is 17.0 Å². The molecule has 1 aromatic carbocycles. The summed E-state index contributed by atoms with van der Waals surface area (Å²) < 4.78 is 0. The molecule has 0 spiro atoms. The summed E-state index contributed by atoms with van der Waals surface area (Å²) >= 11 is 0. The molecule has 0 N–H and O–H groups in total. The Balaban J connectivity index is 2.09. The van der Waals surface area contributed by atoms with E-state index in [0.29, 0.717) is 11.1 Å². The minimum Gasteiger partial charge on any atom is -0.339 e. The van der Waals surface area contributed by atoms with E-state index >= 15 is 0 Å². The molecule has 2 rings (SSSR count). The van der Waals surface area contributed by atoms with Crippen molar-refractivity contribution in [3.8, 4) is 0 Å². The largest absolute Gasteiger partial charge is 0.339 e. The van der Waals surface area contributed by atoms with Gasteiger partial charge in [0.25, 0.3) is 11.6 Å². The maximum Gasteiger partial charge on any atom is 0.273 e. The Morgan fingerprint density at radius 2 is 2.04 bits per heavy atom. The van der Waals surface area contributed by atoms with Crippen molar-refractivity contribution in [1.29, 1.82) is 0 Å². The lowest BCUT2D eigenvalue weighted by Crippen LogP contribution is -2.45. The molecule has 1 aromatic rings. The van der Waals surface area contributed by atoms with E-state index in [0.717, 1.165) is 38.9 Å². The van der Waals surface area contributed by atoms with Crippen LogP contribution in [0.1, 0.15) is 42.1 Å². The second-order valence-electron chi connectivity index (χ2n) is 6.20. The molecule has 0 bridgehead atoms. The van der Waals surface area contributed by atoms with Gasteiger partial charge in [0.1, 0.15) is 0 Å². The third kappa shape index (κ3) is 3.88. The average Bonchev–Trinajstić information content (AvgIpc) is 2.54. The molecule has 1 aliphatic rings. The molecule has 6 nitrogen and oxygen atoms in total. The van der Waals surface area contributed by atoms with Crippen LogP contribution < -0.4 is 0 Å². The van der Waals surface area contributed by atoms with Gasteiger partial charge < -0.3 is 9.80 Å². The molecule has 1 heterocycles. The van der Waals surface area contributed by atoms with E-state index in [2.05, 4.69) is 11.8 Å². The van der Waals surface area contributed by atoms with Crippen molar-refractivity contribution in [3.05, 3.63) is 39.4 Å². The Hall–Kier alpha value is -1.95. The quantitative estimate of drug-likeness (QED) is 0.618. The van der Waals surface area contributed by atoms with Gasteiger partial charge in [0.15, 0.2) is 0 Å². The molecule has 126 valence electrons. The Morgan fingerprint density at radius 3 is 2.61 bits per heavy atom. The Labute approximate surface area is 137 Å². The number of piperidine rings is 1. The monoisotopic (exact) mass is 319 g/mol. The first-order valence-electron chi connectivity index (χ1n) is 8.19. The number of benzene rings is 1. The highest BCUT2D eigenvalue weighted by molar-refractivity contribution is 5.96. The van der Waals surface area contributed by atoms with Gasteiger partial charge in [-0.05, 0) is 38.8 Å². The number of nitrogens with zero attached hydrogens (tertiary/aromatic N) is 3. The van der Waals surface area contributed by atoms with Gasteiger partial charge in [0.05, 0.1) is 4.92 Å². The fourth-order valence-corrected chi connectivity index (χ4v) is 3.26. The lowest BCUT2D eigenvalue weighted by Gasteiger charge is -2.36. The maximum absolute atomic E-state index is 12.7. The van der Waals surface area contributed by atoms with Gasteiger partial charge in [-0.3, -0.25) is 14.9 Å². The van der Waals surface area contributed by atoms with E-state index in [4.69, 9.17) is 0 Å². The molecule has 0 aliphatic carbocycles. The normalized spacial score (nSPS) is 16.3. The van der Waals surface area contributed by atoms with Gasteiger partial charge >= 0.3 is 0 Å². The lowest BCUT2D eigenvalue weighted by atomic mass is 10.0. The van der Waals surface area contributed by atoms with Crippen LogP contribution >= 0.6 is 0 Å². The Morgan fingerprint density at radius 1 is 1.39 bits per heavy atom. The molecule has 0 atom stereocenters. The molecule has 1 fully saturated rings. The van der Waals surface area contributed by atoms with Crippen molar-refractivity contribution in [2.45, 2.75) is 39.2 Å². The average molecular weight is 319 g/mol. The first-order chi connectivity index (χ1) is 11.0. The number of likely N-dealkylation sites (tertiary alicyclic amines) is 1. The smallest absolute Gasteiger partial charge is 0.273 e. The number of amides is 1. The Bertz CT molecular complexity index is 580. The lowest BCUT2D eigenvalue weighted by molar-refractivity contribution is -0.385. The second-order valence-corrected chi connectivity index (χ2v) is 6.20. The summed E-state index contributed by atoms with van der Waals surface area (Å²) in [7, 11) is 1.81. The van der Waals surface area contributed by atoms with Crippen LogP contribution in [0.4, 0.5) is 5.69 Å². The van der Waals surface area contributed by atoms with E-state index in [1.165, 1.54) is 6.07 Å². The third-order valence-electron chi connectivity index (χ3n) is 4.70. The van der Waals surface area contributed by atoms with E-state index in [9.17, 15) is 14.9 Å². The zero-order valence-corrected chi connectivity index (χ0v) is 14.1. The van der Waals surface area contributed by atoms with Crippen molar-refractivity contribution in [2.24, 2.45) is 0 Å². The zero-order valence-electron chi connectivity index (χ0n) is 14.1. The number of rotatable bonds is 5. The van der Waals surface area contributed by atoms with Crippen LogP contribution in [0.15, 0.2) is 18.2 Å². The van der Waals surface area contributed by atoms with Gasteiger partial charge in [0, 0.05) is 43.4 Å². The summed E-state index contributed by atoms with van der Waals surface area (Å²) in [6.45, 7) is 6.93. The van der Waals surface area contributed by atoms with E-state index < -0.39 is 4.92 Å². The number of carbonyl (C=O) groups excluding carboxylic acids is 1. The third-order valence-corrected chi connectivity index (χ3v) is 4.70. The summed E-state index contributed by atoms with van der Waals surface area (Å²) in [5.74, 6) is -0.125. The van der Waals surface area contributed by atoms with E-state index in [1.54, 1.807) is 31.0 Å². The highest BCUT2D eigenvalue weighted by atomic mass is 16.6. The molecular formula is C17H25N3O3. The summed E-state index contributed by atoms with van der Waals surface area (Å²) in [6, 6.07) is 4.90. The number of nitro benzene ring substituents is 1. The number of hydrogen-bond donors (Lipinski definition) is 0. The van der Waals surface area contributed by atoms with Crippen LogP contribution in [0.5, 0.6) is 0 Å². The first kappa shape index (κ1) is 17.4. The van der Waals surface area contributed by atoms with Crippen molar-refractivity contribution in [2.75, 3.05) is 26.7 Å². The molecule has 6 heteroatoms. The summed E-state index contributed by atoms with van der Waals surface area (Å²) in [4.78, 5) is 27.5. The maximum atomic E-state index is 12.7. The SMILES string of the molecule is CCCN1CCC(N(C)C(=O)c2cccc([N+](=O)[O-])c2C)CC1. The standard InChI is InChI=1S/C17H25N3O3/c1-4-10-19-11-8-14(9-12-19)18(3)17(21)15-6-5-7-16(13(15)2)20(22)23/h5-7,14H,4,8-12H2,1-3H3. The van der Waals surface area contributed by atoms with Gasteiger partial charge in [-0.25, -0.2) is 0 Å². The summed E-state index contributed by atoms with van der Waals surface area (Å²) in [5.41, 5.74) is 0.873. The van der Waals surface area contributed by atoms with Crippen LogP contribution in [-0.2, 0) is 0 Å². The number of nitro groups is 1. The molecule has 0 unspecified atom stereocenters. The minimum atomic E-state index is -0.435. The minimum absolute atomic E-state index is 0.00187. The zero-order chi connectivity index (χ0) is 17.0. The highest BCUT2D eigenvalue weighted by Crippen LogP contribution is 2.24. The van der Waals surface area contributed by atoms with Crippen LogP contribution in [0.25, 0.3) is 0 Å². The topological polar surface area (TPSA) is 66.7 Å². The van der Waals surface area contributed by atoms with E-state index in [-0.39, 0.29) is 17.6 Å². The van der Waals surface area contributed by atoms with Gasteiger partial charge in [-0.1, -0.05) is 13.0 Å². The fraction of sp³-hybridized carbons (Fsp3) is 0.588. The number of hydrogen-bond acceptors (Lipinski definition) is 4. The van der Waals surface area contributed by atoms with Crippen molar-refractivity contribution < 1.29 is 9.72 Å². The molecule has 0 radical (unpaired) electrons. The van der Waals surface area contributed by atoms with Crippen molar-refractivity contribution in [3.63, 3.8) is 0 Å². The number of carbonyl (C=O) groups is 1. The van der Waals surface area contributed by atoms with Crippen molar-refractivity contribution >= 4 is 11.6 Å². The molecule has 1 saturated heterocycles. The van der Waals surface area contributed by atoms with Crippen LogP contribution in [-0.4, -0.2) is 53.4 Å². The van der Waals surface area contributed by atoms with Crippen molar-refractivity contribution in [1.82, 2.24) is 9.80 Å². The molecular weight excluding hydrogens is 294 g/mol. The molecule has 0 aromatic heterocycles. The molecule has 0 saturated carbocycles. The van der Waals surface area contributed by atoms with E-state index in [1.807, 2.05) is 0 Å². The molecule has 1 aliphatic heterocycles. The van der Waals surface area contributed by atoms with Crippen LogP contribution in [0.2, 0.25) is 0 Å².